The van der Waals surface area contributed by atoms with Crippen LogP contribution in [-0.4, -0.2) is 84.6 Å². The number of carbonyl (C=O) groups excluding carboxylic acids is 2. The molecular formula is C26H32FN5O5S. The number of carbonyl (C=O) groups is 2. The zero-order chi connectivity index (χ0) is 27.1. The first kappa shape index (κ1) is 27.8. The Morgan fingerprint density at radius 3 is 2.66 bits per heavy atom. The summed E-state index contributed by atoms with van der Waals surface area (Å²) in [6.45, 7) is 3.92. The Bertz CT molecular complexity index is 1220. The second-order valence-electron chi connectivity index (χ2n) is 9.06. The van der Waals surface area contributed by atoms with E-state index in [1.807, 2.05) is 0 Å². The fourth-order valence-corrected chi connectivity index (χ4v) is 5.12. The van der Waals surface area contributed by atoms with E-state index < -0.39 is 12.1 Å². The van der Waals surface area contributed by atoms with Crippen LogP contribution in [0, 0.1) is 5.82 Å². The third-order valence-electron chi connectivity index (χ3n) is 6.39. The van der Waals surface area contributed by atoms with Crippen LogP contribution in [0.15, 0.2) is 29.6 Å². The highest BCUT2D eigenvalue weighted by molar-refractivity contribution is 7.13. The molecule has 4 rings (SSSR count). The highest BCUT2D eigenvalue weighted by atomic mass is 32.1. The number of nitrogens with zero attached hydrogens (tertiary/aromatic N) is 3. The molecule has 0 aliphatic carbocycles. The zero-order valence-corrected chi connectivity index (χ0v) is 22.3. The van der Waals surface area contributed by atoms with Crippen LogP contribution in [0.25, 0.3) is 21.8 Å². The molecule has 1 amide bonds. The van der Waals surface area contributed by atoms with Crippen molar-refractivity contribution in [3.05, 3.63) is 46.9 Å². The number of methoxy groups -OCH3 is 1. The monoisotopic (exact) mass is 545 g/mol. The van der Waals surface area contributed by atoms with E-state index in [1.54, 1.807) is 36.4 Å². The van der Waals surface area contributed by atoms with E-state index in [4.69, 9.17) is 19.9 Å². The molecule has 38 heavy (non-hydrogen) atoms. The quantitative estimate of drug-likeness (QED) is 0.277. The molecule has 1 aliphatic rings. The number of ether oxygens (including phenoxy) is 3. The Kier molecular flexibility index (Phi) is 9.56. The van der Waals surface area contributed by atoms with E-state index >= 15 is 0 Å². The van der Waals surface area contributed by atoms with Gasteiger partial charge in [0.15, 0.2) is 5.69 Å². The number of hydrogen-bond donors (Lipinski definition) is 2. The van der Waals surface area contributed by atoms with Crippen LogP contribution in [0.3, 0.4) is 0 Å². The predicted octanol–water partition coefficient (Wildman–Crippen LogP) is 3.21. The number of aromatic nitrogens is 3. The van der Waals surface area contributed by atoms with Gasteiger partial charge in [-0.15, -0.1) is 11.3 Å². The maximum absolute atomic E-state index is 13.6. The van der Waals surface area contributed by atoms with Gasteiger partial charge in [-0.2, -0.15) is 5.10 Å². The molecule has 3 N–H and O–H groups in total. The summed E-state index contributed by atoms with van der Waals surface area (Å²) < 4.78 is 29.3. The van der Waals surface area contributed by atoms with Crippen LogP contribution in [0.1, 0.15) is 41.9 Å². The number of H-pyrrole nitrogens is 1. The summed E-state index contributed by atoms with van der Waals surface area (Å²) in [6, 6.07) is 6.08. The van der Waals surface area contributed by atoms with Gasteiger partial charge < -0.3 is 24.8 Å². The van der Waals surface area contributed by atoms with E-state index in [9.17, 15) is 14.0 Å². The van der Waals surface area contributed by atoms with Crippen LogP contribution in [0.4, 0.5) is 4.39 Å². The number of piperidine rings is 1. The molecule has 1 aliphatic heterocycles. The smallest absolute Gasteiger partial charge is 0.358 e. The summed E-state index contributed by atoms with van der Waals surface area (Å²) in [5.74, 6) is -0.853. The van der Waals surface area contributed by atoms with Crippen molar-refractivity contribution in [2.75, 3.05) is 46.6 Å². The number of likely N-dealkylation sites (tertiary alicyclic amines) is 1. The van der Waals surface area contributed by atoms with Gasteiger partial charge in [-0.3, -0.25) is 9.89 Å². The molecule has 3 aromatic rings. The van der Waals surface area contributed by atoms with E-state index in [0.29, 0.717) is 37.0 Å². The number of nitrogens with two attached hydrogens (primary N) is 1. The van der Waals surface area contributed by atoms with Gasteiger partial charge in [0, 0.05) is 49.3 Å². The van der Waals surface area contributed by atoms with Gasteiger partial charge in [-0.05, 0) is 44.0 Å². The standard InChI is InChI=1S/C26H32FN5O5S/c1-16(13-28)37-26(34)20-15-38-25(29-20)22-23(17-3-5-19(27)6-4-17)30-31-24(22)18-7-9-32(10-8-18)21(33)14-36-12-11-35-2/h3-6,15-16,18H,7-14,28H2,1-2H3,(H,30,31). The SMILES string of the molecule is COCCOCC(=O)N1CCC(c2[nH]nc(-c3ccc(F)cc3)c2-c2nc(C(=O)OC(C)CN)cs2)CC1. The highest BCUT2D eigenvalue weighted by Gasteiger charge is 2.30. The van der Waals surface area contributed by atoms with Crippen LogP contribution in [-0.2, 0) is 19.0 Å². The summed E-state index contributed by atoms with van der Waals surface area (Å²) in [6.07, 6.45) is 1.01. The van der Waals surface area contributed by atoms with Crippen LogP contribution in [0.2, 0.25) is 0 Å². The Balaban J connectivity index is 1.56. The van der Waals surface area contributed by atoms with E-state index in [1.165, 1.54) is 23.5 Å². The fourth-order valence-electron chi connectivity index (χ4n) is 4.27. The number of benzene rings is 1. The summed E-state index contributed by atoms with van der Waals surface area (Å²) in [5.41, 5.74) is 8.74. The lowest BCUT2D eigenvalue weighted by molar-refractivity contribution is -0.137. The van der Waals surface area contributed by atoms with Gasteiger partial charge in [0.1, 0.15) is 29.2 Å². The lowest BCUT2D eigenvalue weighted by Gasteiger charge is -2.31. The molecular weight excluding hydrogens is 513 g/mol. The van der Waals surface area contributed by atoms with Gasteiger partial charge in [-0.25, -0.2) is 14.2 Å². The van der Waals surface area contributed by atoms with Crippen molar-refractivity contribution in [2.45, 2.75) is 31.8 Å². The number of halogens is 1. The number of nitrogens with one attached hydrogen (secondary N) is 1. The molecule has 1 aromatic carbocycles. The number of aromatic amines is 1. The van der Waals surface area contributed by atoms with Gasteiger partial charge in [0.2, 0.25) is 5.91 Å². The molecule has 1 fully saturated rings. The summed E-state index contributed by atoms with van der Waals surface area (Å²) >= 11 is 1.31. The second kappa shape index (κ2) is 13.1. The first-order valence-electron chi connectivity index (χ1n) is 12.5. The number of rotatable bonds is 11. The Morgan fingerprint density at radius 2 is 1.97 bits per heavy atom. The third kappa shape index (κ3) is 6.62. The maximum atomic E-state index is 13.6. The molecule has 1 atom stereocenters. The van der Waals surface area contributed by atoms with E-state index in [0.717, 1.165) is 29.7 Å². The average Bonchev–Trinajstić information content (AvgIpc) is 3.59. The number of hydrogen-bond acceptors (Lipinski definition) is 9. The van der Waals surface area contributed by atoms with Crippen molar-refractivity contribution in [3.8, 4) is 21.8 Å². The predicted molar refractivity (Wildman–Crippen MR) is 140 cm³/mol. The summed E-state index contributed by atoms with van der Waals surface area (Å²) in [4.78, 5) is 31.4. The van der Waals surface area contributed by atoms with Gasteiger partial charge in [0.25, 0.3) is 0 Å². The van der Waals surface area contributed by atoms with Gasteiger partial charge in [0.05, 0.1) is 18.8 Å². The molecule has 0 spiro atoms. The topological polar surface area (TPSA) is 133 Å². The van der Waals surface area contributed by atoms with Crippen LogP contribution in [0.5, 0.6) is 0 Å². The van der Waals surface area contributed by atoms with Gasteiger partial charge in [-0.1, -0.05) is 0 Å². The first-order valence-corrected chi connectivity index (χ1v) is 13.3. The lowest BCUT2D eigenvalue weighted by atomic mass is 9.90. The molecule has 3 heterocycles. The maximum Gasteiger partial charge on any atom is 0.358 e. The fraction of sp³-hybridized carbons (Fsp3) is 0.462. The Labute approximate surface area is 224 Å². The molecule has 1 saturated heterocycles. The zero-order valence-electron chi connectivity index (χ0n) is 21.4. The first-order chi connectivity index (χ1) is 18.4. The molecule has 204 valence electrons. The minimum absolute atomic E-state index is 0.0266. The lowest BCUT2D eigenvalue weighted by Crippen LogP contribution is -2.40. The normalized spacial score (nSPS) is 15.0. The van der Waals surface area contributed by atoms with Crippen molar-refractivity contribution in [3.63, 3.8) is 0 Å². The number of thiazole rings is 1. The third-order valence-corrected chi connectivity index (χ3v) is 7.25. The van der Waals surface area contributed by atoms with Crippen molar-refractivity contribution in [1.82, 2.24) is 20.1 Å². The van der Waals surface area contributed by atoms with E-state index in [2.05, 4.69) is 15.2 Å². The minimum atomic E-state index is -0.543. The van der Waals surface area contributed by atoms with E-state index in [-0.39, 0.29) is 36.5 Å². The second-order valence-corrected chi connectivity index (χ2v) is 9.92. The largest absolute Gasteiger partial charge is 0.457 e. The molecule has 0 bridgehead atoms. The molecule has 0 radical (unpaired) electrons. The molecule has 2 aromatic heterocycles. The van der Waals surface area contributed by atoms with Gasteiger partial charge >= 0.3 is 5.97 Å². The highest BCUT2D eigenvalue weighted by Crippen LogP contribution is 2.41. The summed E-state index contributed by atoms with van der Waals surface area (Å²) in [5, 5.41) is 10.00. The molecule has 0 saturated carbocycles. The summed E-state index contributed by atoms with van der Waals surface area (Å²) in [7, 11) is 1.58. The average molecular weight is 546 g/mol. The van der Waals surface area contributed by atoms with Crippen molar-refractivity contribution in [1.29, 1.82) is 0 Å². The molecule has 12 heteroatoms. The van der Waals surface area contributed by atoms with Crippen molar-refractivity contribution >= 4 is 23.2 Å². The minimum Gasteiger partial charge on any atom is -0.457 e. The Morgan fingerprint density at radius 1 is 1.24 bits per heavy atom. The molecule has 1 unspecified atom stereocenters. The van der Waals surface area contributed by atoms with Crippen LogP contribution >= 0.6 is 11.3 Å². The van der Waals surface area contributed by atoms with Crippen molar-refractivity contribution < 1.29 is 28.2 Å². The number of esters is 1. The van der Waals surface area contributed by atoms with Crippen molar-refractivity contribution in [2.24, 2.45) is 5.73 Å². The van der Waals surface area contributed by atoms with Crippen LogP contribution < -0.4 is 5.73 Å². The molecule has 10 nitrogen and oxygen atoms in total. The Hall–Kier alpha value is -3.19. The number of amides is 1.